The Labute approximate surface area is 136 Å². The molecule has 1 aliphatic heterocycles. The van der Waals surface area contributed by atoms with Crippen molar-refractivity contribution < 1.29 is 39.5 Å². The lowest BCUT2D eigenvalue weighted by atomic mass is 9.82. The van der Waals surface area contributed by atoms with Gasteiger partial charge in [0.15, 0.2) is 23.2 Å². The van der Waals surface area contributed by atoms with E-state index in [1.165, 1.54) is 24.3 Å². The molecule has 0 aromatic heterocycles. The van der Waals surface area contributed by atoms with Gasteiger partial charge in [-0.15, -0.1) is 0 Å². The summed E-state index contributed by atoms with van der Waals surface area (Å²) in [5, 5.41) is 38.5. The number of benzene rings is 1. The summed E-state index contributed by atoms with van der Waals surface area (Å²) < 4.78 is 10.1. The molecule has 1 saturated carbocycles. The molecular weight excluding hydrogens is 320 g/mol. The van der Waals surface area contributed by atoms with E-state index < -0.39 is 35.9 Å². The first-order valence-electron chi connectivity index (χ1n) is 7.31. The predicted octanol–water partition coefficient (Wildman–Crippen LogP) is -0.166. The summed E-state index contributed by atoms with van der Waals surface area (Å²) >= 11 is 0. The van der Waals surface area contributed by atoms with Crippen LogP contribution < -0.4 is 0 Å². The van der Waals surface area contributed by atoms with Crippen LogP contribution in [-0.2, 0) is 19.1 Å². The number of aliphatic hydroxyl groups is 2. The van der Waals surface area contributed by atoms with Crippen molar-refractivity contribution in [3.63, 3.8) is 0 Å². The van der Waals surface area contributed by atoms with Crippen molar-refractivity contribution in [1.82, 2.24) is 0 Å². The van der Waals surface area contributed by atoms with E-state index in [2.05, 4.69) is 0 Å². The van der Waals surface area contributed by atoms with Gasteiger partial charge in [-0.25, -0.2) is 9.59 Å². The monoisotopic (exact) mass is 336 g/mol. The molecule has 0 radical (unpaired) electrons. The second-order valence-corrected chi connectivity index (χ2v) is 5.93. The maximum Gasteiger partial charge on any atom is 0.338 e. The zero-order chi connectivity index (χ0) is 17.5. The van der Waals surface area contributed by atoms with E-state index >= 15 is 0 Å². The first-order chi connectivity index (χ1) is 11.3. The van der Waals surface area contributed by atoms with E-state index in [9.17, 15) is 30.0 Å². The Hall–Kier alpha value is -2.58. The zero-order valence-electron chi connectivity index (χ0n) is 12.5. The van der Waals surface area contributed by atoms with Crippen molar-refractivity contribution in [2.24, 2.45) is 0 Å². The Kier molecular flexibility index (Phi) is 3.94. The summed E-state index contributed by atoms with van der Waals surface area (Å²) in [6, 6.07) is 4.00. The van der Waals surface area contributed by atoms with Gasteiger partial charge >= 0.3 is 11.9 Å². The van der Waals surface area contributed by atoms with E-state index in [-0.39, 0.29) is 24.3 Å². The molecule has 1 aliphatic carbocycles. The molecule has 0 amide bonds. The third-order valence-corrected chi connectivity index (χ3v) is 4.13. The van der Waals surface area contributed by atoms with Crippen molar-refractivity contribution in [2.75, 3.05) is 0 Å². The molecule has 8 heteroatoms. The molecule has 4 unspecified atom stereocenters. The highest BCUT2D eigenvalue weighted by atomic mass is 16.6. The van der Waals surface area contributed by atoms with Crippen molar-refractivity contribution >= 4 is 18.0 Å². The highest BCUT2D eigenvalue weighted by Gasteiger charge is 2.58. The molecule has 4 N–H and O–H groups in total. The summed E-state index contributed by atoms with van der Waals surface area (Å²) in [6.07, 6.45) is -1.01. The molecule has 8 nitrogen and oxygen atoms in total. The van der Waals surface area contributed by atoms with Gasteiger partial charge in [0, 0.05) is 18.9 Å². The van der Waals surface area contributed by atoms with Gasteiger partial charge in [-0.1, -0.05) is 6.07 Å². The highest BCUT2D eigenvalue weighted by molar-refractivity contribution is 5.87. The second-order valence-electron chi connectivity index (χ2n) is 5.93. The van der Waals surface area contributed by atoms with E-state index in [0.29, 0.717) is 5.56 Å². The summed E-state index contributed by atoms with van der Waals surface area (Å²) in [4.78, 5) is 23.4. The number of aliphatic hydroxyl groups excluding tert-OH is 1. The van der Waals surface area contributed by atoms with Crippen LogP contribution in [0.5, 0.6) is 11.5 Å². The molecule has 1 aromatic carbocycles. The minimum atomic E-state index is -1.72. The molecule has 4 atom stereocenters. The number of phenols is 2. The molecule has 0 spiro atoms. The molecular formula is C16H16O8. The molecule has 3 rings (SSSR count). The average Bonchev–Trinajstić information content (AvgIpc) is 2.76. The molecule has 24 heavy (non-hydrogen) atoms. The maximum absolute atomic E-state index is 11.9. The average molecular weight is 336 g/mol. The Bertz CT molecular complexity index is 712. The molecule has 2 aliphatic rings. The molecule has 128 valence electrons. The summed E-state index contributed by atoms with van der Waals surface area (Å²) in [5.41, 5.74) is -1.26. The quantitative estimate of drug-likeness (QED) is 0.340. The number of carbonyl (C=O) groups is 2. The van der Waals surface area contributed by atoms with Crippen LogP contribution in [-0.4, -0.2) is 56.3 Å². The Morgan fingerprint density at radius 2 is 2.04 bits per heavy atom. The SMILES string of the molecule is O=C(/C=C/c1ccc(O)c(O)c1)OC1C(O)CC2(O)CC1OC2=O. The minimum absolute atomic E-state index is 0.0314. The van der Waals surface area contributed by atoms with Gasteiger partial charge in [-0.05, 0) is 23.8 Å². The molecule has 1 aromatic rings. The summed E-state index contributed by atoms with van der Waals surface area (Å²) in [5.74, 6) is -2.21. The fourth-order valence-electron chi connectivity index (χ4n) is 2.90. The lowest BCUT2D eigenvalue weighted by Crippen LogP contribution is -2.50. The number of aromatic hydroxyl groups is 2. The van der Waals surface area contributed by atoms with Crippen molar-refractivity contribution in [2.45, 2.75) is 36.8 Å². The van der Waals surface area contributed by atoms with Crippen LogP contribution in [0.25, 0.3) is 6.08 Å². The van der Waals surface area contributed by atoms with Gasteiger partial charge in [-0.3, -0.25) is 0 Å². The van der Waals surface area contributed by atoms with Crippen LogP contribution in [0.4, 0.5) is 0 Å². The third-order valence-electron chi connectivity index (χ3n) is 4.13. The molecule has 2 fully saturated rings. The summed E-state index contributed by atoms with van der Waals surface area (Å²) in [6.45, 7) is 0. The van der Waals surface area contributed by atoms with Gasteiger partial charge in [0.2, 0.25) is 0 Å². The van der Waals surface area contributed by atoms with Gasteiger partial charge in [0.25, 0.3) is 0 Å². The van der Waals surface area contributed by atoms with Gasteiger partial charge < -0.3 is 29.9 Å². The smallest absolute Gasteiger partial charge is 0.338 e. The number of hydrogen-bond donors (Lipinski definition) is 4. The van der Waals surface area contributed by atoms with Crippen molar-refractivity contribution in [3.05, 3.63) is 29.8 Å². The van der Waals surface area contributed by atoms with Crippen LogP contribution in [0.2, 0.25) is 0 Å². The number of esters is 2. The highest BCUT2D eigenvalue weighted by Crippen LogP contribution is 2.39. The number of carbonyl (C=O) groups excluding carboxylic acids is 2. The standard InChI is InChI=1S/C16H16O8/c17-9-3-1-8(5-10(9)18)2-4-13(20)24-14-11(19)6-16(22)7-12(14)23-15(16)21/h1-5,11-12,14,17-19,22H,6-7H2/b4-2+. The lowest BCUT2D eigenvalue weighted by Gasteiger charge is -2.32. The predicted molar refractivity (Wildman–Crippen MR) is 78.8 cm³/mol. The normalized spacial score (nSPS) is 31.9. The number of phenolic OH excluding ortho intramolecular Hbond substituents is 2. The zero-order valence-corrected chi connectivity index (χ0v) is 12.5. The Morgan fingerprint density at radius 1 is 1.29 bits per heavy atom. The van der Waals surface area contributed by atoms with Gasteiger partial charge in [0.1, 0.15) is 6.10 Å². The van der Waals surface area contributed by atoms with E-state index in [4.69, 9.17) is 9.47 Å². The van der Waals surface area contributed by atoms with E-state index in [1.807, 2.05) is 0 Å². The first-order valence-corrected chi connectivity index (χ1v) is 7.31. The fraction of sp³-hybridized carbons (Fsp3) is 0.375. The first kappa shape index (κ1) is 16.3. The molecule has 1 saturated heterocycles. The van der Waals surface area contributed by atoms with Crippen molar-refractivity contribution in [3.8, 4) is 11.5 Å². The topological polar surface area (TPSA) is 134 Å². The number of fused-ring (bicyclic) bond motifs is 2. The lowest BCUT2D eigenvalue weighted by molar-refractivity contribution is -0.165. The number of hydrogen-bond acceptors (Lipinski definition) is 8. The van der Waals surface area contributed by atoms with Gasteiger partial charge in [0.05, 0.1) is 6.10 Å². The van der Waals surface area contributed by atoms with E-state index in [1.54, 1.807) is 0 Å². The second kappa shape index (κ2) is 5.81. The van der Waals surface area contributed by atoms with Crippen LogP contribution in [0.3, 0.4) is 0 Å². The number of rotatable bonds is 3. The maximum atomic E-state index is 11.9. The fourth-order valence-corrected chi connectivity index (χ4v) is 2.90. The largest absolute Gasteiger partial charge is 0.504 e. The van der Waals surface area contributed by atoms with Crippen LogP contribution in [0.15, 0.2) is 24.3 Å². The number of ether oxygens (including phenoxy) is 2. The van der Waals surface area contributed by atoms with Gasteiger partial charge in [-0.2, -0.15) is 0 Å². The third kappa shape index (κ3) is 2.93. The van der Waals surface area contributed by atoms with E-state index in [0.717, 1.165) is 6.08 Å². The van der Waals surface area contributed by atoms with Crippen LogP contribution in [0.1, 0.15) is 18.4 Å². The molecule has 1 heterocycles. The molecule has 2 bridgehead atoms. The summed E-state index contributed by atoms with van der Waals surface area (Å²) in [7, 11) is 0. The van der Waals surface area contributed by atoms with Crippen LogP contribution >= 0.6 is 0 Å². The van der Waals surface area contributed by atoms with Crippen LogP contribution in [0, 0.1) is 0 Å². The van der Waals surface area contributed by atoms with Crippen molar-refractivity contribution in [1.29, 1.82) is 0 Å². The minimum Gasteiger partial charge on any atom is -0.504 e. The Morgan fingerprint density at radius 3 is 2.75 bits per heavy atom. The Balaban J connectivity index is 1.65.